The van der Waals surface area contributed by atoms with Crippen molar-refractivity contribution in [2.75, 3.05) is 7.11 Å². The predicted molar refractivity (Wildman–Crippen MR) is 92.9 cm³/mol. The summed E-state index contributed by atoms with van der Waals surface area (Å²) < 4.78 is 8.66. The van der Waals surface area contributed by atoms with Crippen molar-refractivity contribution in [3.05, 3.63) is 58.4 Å². The maximum atomic E-state index is 11.9. The molecule has 1 fully saturated rings. The largest absolute Gasteiger partial charge is 0.465 e. The number of hydrogen-bond acceptors (Lipinski definition) is 6. The van der Waals surface area contributed by atoms with Crippen LogP contribution < -0.4 is 5.56 Å². The molecule has 3 heterocycles. The van der Waals surface area contributed by atoms with Gasteiger partial charge < -0.3 is 13.7 Å². The first-order valence-electron chi connectivity index (χ1n) is 7.92. The van der Waals surface area contributed by atoms with Crippen LogP contribution in [0.2, 0.25) is 0 Å². The Hall–Kier alpha value is -2.61. The molecule has 0 saturated heterocycles. The van der Waals surface area contributed by atoms with Crippen LogP contribution in [-0.4, -0.2) is 32.0 Å². The van der Waals surface area contributed by atoms with Crippen LogP contribution in [0.5, 0.6) is 0 Å². The van der Waals surface area contributed by atoms with Gasteiger partial charge in [-0.05, 0) is 25.0 Å². The highest BCUT2D eigenvalue weighted by Gasteiger charge is 2.25. The van der Waals surface area contributed by atoms with Gasteiger partial charge in [0, 0.05) is 36.5 Å². The number of imidazole rings is 1. The van der Waals surface area contributed by atoms with Crippen molar-refractivity contribution in [3.8, 4) is 0 Å². The maximum Gasteiger partial charge on any atom is 0.341 e. The number of fused-ring (bicyclic) bond motifs is 1. The highest BCUT2D eigenvalue weighted by molar-refractivity contribution is 7.98. The lowest BCUT2D eigenvalue weighted by molar-refractivity contribution is 0.0602. The van der Waals surface area contributed by atoms with E-state index in [1.54, 1.807) is 16.5 Å². The highest BCUT2D eigenvalue weighted by Crippen LogP contribution is 2.37. The summed E-state index contributed by atoms with van der Waals surface area (Å²) in [6.45, 7) is 0. The van der Waals surface area contributed by atoms with Gasteiger partial charge in [0.15, 0.2) is 10.8 Å². The first-order chi connectivity index (χ1) is 12.2. The predicted octanol–water partition coefficient (Wildman–Crippen LogP) is 2.30. The molecule has 0 unspecified atom stereocenters. The summed E-state index contributed by atoms with van der Waals surface area (Å²) in [5.41, 5.74) is 1.56. The third-order valence-electron chi connectivity index (χ3n) is 4.03. The van der Waals surface area contributed by atoms with E-state index in [2.05, 4.69) is 14.5 Å². The van der Waals surface area contributed by atoms with E-state index in [9.17, 15) is 9.59 Å². The van der Waals surface area contributed by atoms with Gasteiger partial charge in [0.1, 0.15) is 5.56 Å². The SMILES string of the molecule is COC(=O)c1cccn2cc(CSc3nc(=O)ccn3C3CC3)nc12. The second-order valence-corrected chi connectivity index (χ2v) is 6.79. The molecule has 0 aliphatic heterocycles. The fraction of sp³-hybridized carbons (Fsp3) is 0.294. The number of aromatic nitrogens is 4. The van der Waals surface area contributed by atoms with Gasteiger partial charge in [-0.25, -0.2) is 9.78 Å². The lowest BCUT2D eigenvalue weighted by Gasteiger charge is -2.09. The average Bonchev–Trinajstić information content (AvgIpc) is 3.37. The van der Waals surface area contributed by atoms with Gasteiger partial charge >= 0.3 is 5.97 Å². The molecule has 1 saturated carbocycles. The van der Waals surface area contributed by atoms with Crippen LogP contribution in [0.1, 0.15) is 34.9 Å². The van der Waals surface area contributed by atoms with Gasteiger partial charge in [0.2, 0.25) is 0 Å². The molecule has 128 valence electrons. The van der Waals surface area contributed by atoms with Crippen molar-refractivity contribution < 1.29 is 9.53 Å². The van der Waals surface area contributed by atoms with Gasteiger partial charge in [0.05, 0.1) is 12.8 Å². The number of ether oxygens (including phenoxy) is 1. The molecule has 0 aromatic carbocycles. The first kappa shape index (κ1) is 15.9. The van der Waals surface area contributed by atoms with Gasteiger partial charge in [-0.2, -0.15) is 4.98 Å². The standard InChI is InChI=1S/C17H16N4O3S/c1-24-16(23)13-3-2-7-20-9-11(18-15(13)20)10-25-17-19-14(22)6-8-21(17)12-4-5-12/h2-3,6-9,12H,4-5,10H2,1H3. The van der Waals surface area contributed by atoms with Crippen LogP contribution >= 0.6 is 11.8 Å². The smallest absolute Gasteiger partial charge is 0.341 e. The Morgan fingerprint density at radius 2 is 2.16 bits per heavy atom. The summed E-state index contributed by atoms with van der Waals surface area (Å²) in [5, 5.41) is 0.709. The molecule has 0 atom stereocenters. The third kappa shape index (κ3) is 3.17. The van der Waals surface area contributed by atoms with Crippen molar-refractivity contribution in [1.29, 1.82) is 0 Å². The minimum absolute atomic E-state index is 0.234. The number of pyridine rings is 1. The zero-order valence-corrected chi connectivity index (χ0v) is 14.4. The minimum Gasteiger partial charge on any atom is -0.465 e. The number of carbonyl (C=O) groups excluding carboxylic acids is 1. The highest BCUT2D eigenvalue weighted by atomic mass is 32.2. The lowest BCUT2D eigenvalue weighted by Crippen LogP contribution is -2.12. The quantitative estimate of drug-likeness (QED) is 0.397. The Morgan fingerprint density at radius 3 is 2.92 bits per heavy atom. The Bertz CT molecular complexity index is 1010. The first-order valence-corrected chi connectivity index (χ1v) is 8.91. The second-order valence-electron chi connectivity index (χ2n) is 5.85. The van der Waals surface area contributed by atoms with Crippen LogP contribution in [0.25, 0.3) is 5.65 Å². The van der Waals surface area contributed by atoms with Crippen LogP contribution in [0, 0.1) is 0 Å². The number of nitrogens with zero attached hydrogens (tertiary/aromatic N) is 4. The van der Waals surface area contributed by atoms with Gasteiger partial charge in [0.25, 0.3) is 5.56 Å². The van der Waals surface area contributed by atoms with E-state index in [-0.39, 0.29) is 5.56 Å². The number of thioether (sulfide) groups is 1. The lowest BCUT2D eigenvalue weighted by atomic mass is 10.3. The summed E-state index contributed by atoms with van der Waals surface area (Å²) >= 11 is 1.48. The number of carbonyl (C=O) groups is 1. The number of hydrogen-bond donors (Lipinski definition) is 0. The summed E-state index contributed by atoms with van der Waals surface area (Å²) in [4.78, 5) is 32.1. The molecule has 4 rings (SSSR count). The van der Waals surface area contributed by atoms with Crippen LogP contribution in [0.15, 0.2) is 46.7 Å². The topological polar surface area (TPSA) is 78.5 Å². The summed E-state index contributed by atoms with van der Waals surface area (Å²) in [7, 11) is 1.35. The average molecular weight is 356 g/mol. The maximum absolute atomic E-state index is 11.9. The zero-order chi connectivity index (χ0) is 17.4. The number of methoxy groups -OCH3 is 1. The molecule has 3 aromatic heterocycles. The Balaban J connectivity index is 1.61. The number of esters is 1. The molecule has 0 spiro atoms. The van der Waals surface area contributed by atoms with Crippen LogP contribution in [0.3, 0.4) is 0 Å². The van der Waals surface area contributed by atoms with Gasteiger partial charge in [-0.3, -0.25) is 4.79 Å². The van der Waals surface area contributed by atoms with Crippen molar-refractivity contribution in [2.45, 2.75) is 29.8 Å². The molecular formula is C17H16N4O3S. The molecule has 7 nitrogen and oxygen atoms in total. The van der Waals surface area contributed by atoms with E-state index >= 15 is 0 Å². The van der Waals surface area contributed by atoms with Crippen LogP contribution in [0.4, 0.5) is 0 Å². The number of rotatable bonds is 5. The molecule has 0 N–H and O–H groups in total. The Labute approximate surface area is 147 Å². The molecule has 0 bridgehead atoms. The van der Waals surface area contributed by atoms with E-state index in [1.807, 2.05) is 18.6 Å². The van der Waals surface area contributed by atoms with Crippen molar-refractivity contribution in [2.24, 2.45) is 0 Å². The van der Waals surface area contributed by atoms with E-state index in [0.29, 0.717) is 28.2 Å². The van der Waals surface area contributed by atoms with Crippen molar-refractivity contribution >= 4 is 23.4 Å². The van der Waals surface area contributed by atoms with Crippen molar-refractivity contribution in [1.82, 2.24) is 18.9 Å². The fourth-order valence-electron chi connectivity index (χ4n) is 2.68. The normalized spacial score (nSPS) is 14.0. The summed E-state index contributed by atoms with van der Waals surface area (Å²) in [6, 6.07) is 5.41. The Morgan fingerprint density at radius 1 is 1.32 bits per heavy atom. The summed E-state index contributed by atoms with van der Waals surface area (Å²) in [6.07, 6.45) is 7.76. The third-order valence-corrected chi connectivity index (χ3v) is 5.03. The fourth-order valence-corrected chi connectivity index (χ4v) is 3.61. The summed E-state index contributed by atoms with van der Waals surface area (Å²) in [5.74, 6) is 0.147. The minimum atomic E-state index is -0.414. The molecule has 25 heavy (non-hydrogen) atoms. The molecule has 1 aliphatic carbocycles. The molecule has 0 amide bonds. The second kappa shape index (κ2) is 6.36. The molecule has 1 aliphatic rings. The molecule has 8 heteroatoms. The molecule has 0 radical (unpaired) electrons. The van der Waals surface area contributed by atoms with Gasteiger partial charge in [-0.15, -0.1) is 0 Å². The van der Waals surface area contributed by atoms with E-state index in [1.165, 1.54) is 24.9 Å². The van der Waals surface area contributed by atoms with Crippen molar-refractivity contribution in [3.63, 3.8) is 0 Å². The van der Waals surface area contributed by atoms with E-state index in [4.69, 9.17) is 4.74 Å². The Kier molecular flexibility index (Phi) is 4.04. The van der Waals surface area contributed by atoms with E-state index in [0.717, 1.165) is 18.5 Å². The zero-order valence-electron chi connectivity index (χ0n) is 13.6. The van der Waals surface area contributed by atoms with Crippen LogP contribution in [-0.2, 0) is 10.5 Å². The molecule has 3 aromatic rings. The van der Waals surface area contributed by atoms with Gasteiger partial charge in [-0.1, -0.05) is 11.8 Å². The van der Waals surface area contributed by atoms with E-state index < -0.39 is 5.97 Å². The molecular weight excluding hydrogens is 340 g/mol. The monoisotopic (exact) mass is 356 g/mol.